The van der Waals surface area contributed by atoms with Crippen molar-refractivity contribution in [3.05, 3.63) is 43.9 Å². The summed E-state index contributed by atoms with van der Waals surface area (Å²) in [5.74, 6) is 0. The topological polar surface area (TPSA) is 28.7 Å². The van der Waals surface area contributed by atoms with Crippen molar-refractivity contribution in [3.8, 4) is 0 Å². The number of unbranched alkanes of at least 4 members (excludes halogenated alkanes) is 5. The maximum Gasteiger partial charge on any atom is 0.243 e. The van der Waals surface area contributed by atoms with E-state index in [9.17, 15) is 0 Å². The first-order valence-corrected chi connectivity index (χ1v) is 10.2. The van der Waals surface area contributed by atoms with Crippen molar-refractivity contribution in [3.63, 3.8) is 0 Å². The monoisotopic (exact) mass is 348 g/mol. The zero-order valence-electron chi connectivity index (χ0n) is 16.6. The number of aromatic nitrogens is 2. The molecule has 0 atom stereocenters. The molecule has 0 fully saturated rings. The SMILES string of the molecule is C=CN(/C=C\[NH2+]CCCCn1cc[n+](CCCCC)c1)CCCCC. The summed E-state index contributed by atoms with van der Waals surface area (Å²) in [4.78, 5) is 2.18. The number of quaternary nitrogens is 1. The highest BCUT2D eigenvalue weighted by atomic mass is 15.1. The second-order valence-corrected chi connectivity index (χ2v) is 6.80. The van der Waals surface area contributed by atoms with Crippen molar-refractivity contribution in [2.24, 2.45) is 0 Å². The average Bonchev–Trinajstić information content (AvgIpc) is 3.07. The predicted octanol–water partition coefficient (Wildman–Crippen LogP) is 3.42. The van der Waals surface area contributed by atoms with E-state index in [1.54, 1.807) is 0 Å². The number of nitrogens with zero attached hydrogens (tertiary/aromatic N) is 3. The third-order valence-electron chi connectivity index (χ3n) is 4.47. The Hall–Kier alpha value is -1.55. The lowest BCUT2D eigenvalue weighted by molar-refractivity contribution is -0.696. The fourth-order valence-corrected chi connectivity index (χ4v) is 2.84. The molecule has 1 aromatic heterocycles. The number of rotatable bonds is 16. The van der Waals surface area contributed by atoms with Crippen LogP contribution < -0.4 is 9.88 Å². The van der Waals surface area contributed by atoms with Crippen LogP contribution in [0.3, 0.4) is 0 Å². The summed E-state index contributed by atoms with van der Waals surface area (Å²) in [5.41, 5.74) is 0. The van der Waals surface area contributed by atoms with E-state index < -0.39 is 0 Å². The predicted molar refractivity (Wildman–Crippen MR) is 106 cm³/mol. The summed E-state index contributed by atoms with van der Waals surface area (Å²) in [7, 11) is 0. The lowest BCUT2D eigenvalue weighted by atomic mass is 10.2. The van der Waals surface area contributed by atoms with Crippen molar-refractivity contribution in [2.75, 3.05) is 13.1 Å². The molecule has 25 heavy (non-hydrogen) atoms. The van der Waals surface area contributed by atoms with Crippen LogP contribution in [0, 0.1) is 0 Å². The Morgan fingerprint density at radius 1 is 1.08 bits per heavy atom. The summed E-state index contributed by atoms with van der Waals surface area (Å²) >= 11 is 0. The van der Waals surface area contributed by atoms with Gasteiger partial charge >= 0.3 is 0 Å². The average molecular weight is 349 g/mol. The van der Waals surface area contributed by atoms with Gasteiger partial charge in [0.05, 0.1) is 25.8 Å². The van der Waals surface area contributed by atoms with E-state index in [-0.39, 0.29) is 0 Å². The van der Waals surface area contributed by atoms with Gasteiger partial charge in [0.15, 0.2) is 0 Å². The van der Waals surface area contributed by atoms with E-state index in [4.69, 9.17) is 0 Å². The second-order valence-electron chi connectivity index (χ2n) is 6.80. The molecule has 1 rings (SSSR count). The Balaban J connectivity index is 2.07. The first-order valence-electron chi connectivity index (χ1n) is 10.2. The lowest BCUT2D eigenvalue weighted by Gasteiger charge is -2.13. The molecular weight excluding hydrogens is 308 g/mol. The Morgan fingerprint density at radius 3 is 2.64 bits per heavy atom. The minimum Gasteiger partial charge on any atom is -0.350 e. The van der Waals surface area contributed by atoms with Gasteiger partial charge in [0.1, 0.15) is 18.6 Å². The molecule has 4 heteroatoms. The van der Waals surface area contributed by atoms with Gasteiger partial charge in [-0.25, -0.2) is 9.13 Å². The van der Waals surface area contributed by atoms with Crippen LogP contribution in [0.25, 0.3) is 0 Å². The summed E-state index contributed by atoms with van der Waals surface area (Å²) < 4.78 is 4.63. The van der Waals surface area contributed by atoms with Crippen LogP contribution in [0.1, 0.15) is 65.2 Å². The Morgan fingerprint density at radius 2 is 1.88 bits per heavy atom. The number of nitrogens with two attached hydrogens (primary N) is 1. The van der Waals surface area contributed by atoms with Crippen molar-refractivity contribution in [1.29, 1.82) is 0 Å². The number of hydrogen-bond donors (Lipinski definition) is 1. The smallest absolute Gasteiger partial charge is 0.243 e. The van der Waals surface area contributed by atoms with Gasteiger partial charge in [-0.3, -0.25) is 0 Å². The molecule has 4 nitrogen and oxygen atoms in total. The molecule has 142 valence electrons. The zero-order chi connectivity index (χ0) is 18.2. The van der Waals surface area contributed by atoms with Gasteiger partial charge in [0.2, 0.25) is 6.33 Å². The van der Waals surface area contributed by atoms with Crippen molar-refractivity contribution >= 4 is 0 Å². The standard InChI is InChI=1S/C21H39N4/c1-4-7-10-15-23(6-3)18-14-22-13-9-12-17-25-20-19-24(21-25)16-11-8-5-2/h6,14,18-22H,3-5,7-13,15-17H2,1-2H3/q+1/p+1/b18-14-. The summed E-state index contributed by atoms with van der Waals surface area (Å²) in [5, 5.41) is 2.27. The molecule has 1 aromatic rings. The number of hydrogen-bond acceptors (Lipinski definition) is 1. The van der Waals surface area contributed by atoms with Crippen molar-refractivity contribution < 1.29 is 9.88 Å². The third-order valence-corrected chi connectivity index (χ3v) is 4.47. The zero-order valence-corrected chi connectivity index (χ0v) is 16.6. The Kier molecular flexibility index (Phi) is 12.7. The van der Waals surface area contributed by atoms with Gasteiger partial charge in [0.25, 0.3) is 0 Å². The van der Waals surface area contributed by atoms with Gasteiger partial charge < -0.3 is 10.2 Å². The minimum atomic E-state index is 1.08. The van der Waals surface area contributed by atoms with Crippen LogP contribution in [-0.2, 0) is 13.1 Å². The van der Waals surface area contributed by atoms with E-state index >= 15 is 0 Å². The molecule has 0 saturated heterocycles. The Labute approximate surface area is 155 Å². The van der Waals surface area contributed by atoms with Crippen LogP contribution in [0.5, 0.6) is 0 Å². The van der Waals surface area contributed by atoms with Crippen molar-refractivity contribution in [1.82, 2.24) is 9.47 Å². The van der Waals surface area contributed by atoms with Crippen LogP contribution in [0.15, 0.2) is 43.9 Å². The maximum atomic E-state index is 3.88. The molecule has 0 bridgehead atoms. The quantitative estimate of drug-likeness (QED) is 0.360. The summed E-state index contributed by atoms with van der Waals surface area (Å²) in [6.45, 7) is 12.9. The fraction of sp³-hybridized carbons (Fsp3) is 0.667. The fourth-order valence-electron chi connectivity index (χ4n) is 2.84. The maximum absolute atomic E-state index is 3.88. The molecule has 0 aliphatic heterocycles. The van der Waals surface area contributed by atoms with Gasteiger partial charge in [0, 0.05) is 13.0 Å². The van der Waals surface area contributed by atoms with E-state index in [1.165, 1.54) is 51.4 Å². The van der Waals surface area contributed by atoms with Gasteiger partial charge in [-0.15, -0.1) is 0 Å². The first-order chi connectivity index (χ1) is 12.3. The van der Waals surface area contributed by atoms with Crippen LogP contribution in [0.2, 0.25) is 0 Å². The molecular formula is C21H40N4+2. The van der Waals surface area contributed by atoms with E-state index in [1.807, 2.05) is 6.20 Å². The highest BCUT2D eigenvalue weighted by Crippen LogP contribution is 1.99. The molecule has 0 aromatic carbocycles. The molecule has 0 aliphatic carbocycles. The molecule has 2 N–H and O–H groups in total. The lowest BCUT2D eigenvalue weighted by Crippen LogP contribution is -2.78. The first kappa shape index (κ1) is 21.5. The van der Waals surface area contributed by atoms with Crippen LogP contribution in [0.4, 0.5) is 0 Å². The summed E-state index contributed by atoms with van der Waals surface area (Å²) in [6.07, 6.45) is 23.0. The molecule has 0 amide bonds. The molecule has 0 radical (unpaired) electrons. The summed E-state index contributed by atoms with van der Waals surface area (Å²) in [6, 6.07) is 0. The van der Waals surface area contributed by atoms with E-state index in [0.717, 1.165) is 26.2 Å². The molecule has 0 unspecified atom stereocenters. The number of imidazole rings is 1. The number of aryl methyl sites for hydroxylation is 2. The molecule has 0 saturated carbocycles. The minimum absolute atomic E-state index is 1.08. The van der Waals surface area contributed by atoms with E-state index in [0.29, 0.717) is 0 Å². The molecule has 0 spiro atoms. The second kappa shape index (κ2) is 14.8. The molecule has 0 aliphatic rings. The largest absolute Gasteiger partial charge is 0.350 e. The van der Waals surface area contributed by atoms with Gasteiger partial charge in [-0.1, -0.05) is 39.7 Å². The Bertz CT molecular complexity index is 464. The highest BCUT2D eigenvalue weighted by molar-refractivity contribution is 4.82. The van der Waals surface area contributed by atoms with Crippen LogP contribution in [-0.4, -0.2) is 22.6 Å². The highest BCUT2D eigenvalue weighted by Gasteiger charge is 2.03. The van der Waals surface area contributed by atoms with Gasteiger partial charge in [-0.05, 0) is 31.9 Å². The van der Waals surface area contributed by atoms with E-state index in [2.05, 4.69) is 70.9 Å². The normalized spacial score (nSPS) is 11.3. The van der Waals surface area contributed by atoms with Crippen molar-refractivity contribution in [2.45, 2.75) is 78.3 Å². The van der Waals surface area contributed by atoms with Gasteiger partial charge in [-0.2, -0.15) is 0 Å². The van der Waals surface area contributed by atoms with Crippen LogP contribution >= 0.6 is 0 Å². The molecule has 1 heterocycles. The third kappa shape index (κ3) is 10.8.